The number of fused-ring (bicyclic) bond motifs is 1. The number of hydrogen-bond acceptors (Lipinski definition) is 5. The van der Waals surface area contributed by atoms with E-state index in [4.69, 9.17) is 9.47 Å². The van der Waals surface area contributed by atoms with Gasteiger partial charge in [-0.15, -0.1) is 0 Å². The zero-order valence-electron chi connectivity index (χ0n) is 20.3. The summed E-state index contributed by atoms with van der Waals surface area (Å²) < 4.78 is 11.3. The Morgan fingerprint density at radius 3 is 2.41 bits per heavy atom. The quantitative estimate of drug-likeness (QED) is 0.504. The smallest absolute Gasteiger partial charge is 0.411 e. The van der Waals surface area contributed by atoms with Crippen molar-refractivity contribution in [1.82, 2.24) is 0 Å². The number of carbonyl (C=O) groups excluding carboxylic acids is 2. The van der Waals surface area contributed by atoms with Crippen molar-refractivity contribution in [3.63, 3.8) is 0 Å². The number of amides is 1. The minimum absolute atomic E-state index is 0.0507. The number of carbonyl (C=O) groups is 2. The second-order valence-corrected chi connectivity index (χ2v) is 9.87. The molecule has 3 atom stereocenters. The van der Waals surface area contributed by atoms with E-state index in [1.54, 1.807) is 6.92 Å². The number of ketones is 1. The summed E-state index contributed by atoms with van der Waals surface area (Å²) in [6, 6.07) is 14.4. The number of anilines is 2. The van der Waals surface area contributed by atoms with E-state index in [9.17, 15) is 9.59 Å². The number of hydrogen-bond donors (Lipinski definition) is 1. The summed E-state index contributed by atoms with van der Waals surface area (Å²) in [7, 11) is 0. The monoisotopic (exact) mass is 462 g/mol. The van der Waals surface area contributed by atoms with Gasteiger partial charge in [-0.2, -0.15) is 0 Å². The molecule has 1 amide bonds. The highest BCUT2D eigenvalue weighted by Crippen LogP contribution is 2.53. The lowest BCUT2D eigenvalue weighted by Gasteiger charge is -2.42. The summed E-state index contributed by atoms with van der Waals surface area (Å²) in [5.41, 5.74) is 3.96. The molecule has 34 heavy (non-hydrogen) atoms. The Balaban J connectivity index is 1.41. The Morgan fingerprint density at radius 2 is 1.82 bits per heavy atom. The van der Waals surface area contributed by atoms with Crippen molar-refractivity contribution in [1.29, 1.82) is 0 Å². The first kappa shape index (κ1) is 22.8. The van der Waals surface area contributed by atoms with Crippen LogP contribution in [0.15, 0.2) is 42.5 Å². The molecule has 3 unspecified atom stereocenters. The molecule has 2 fully saturated rings. The molecule has 1 N–H and O–H groups in total. The predicted molar refractivity (Wildman–Crippen MR) is 133 cm³/mol. The van der Waals surface area contributed by atoms with Crippen molar-refractivity contribution < 1.29 is 19.1 Å². The second kappa shape index (κ2) is 9.32. The fourth-order valence-corrected chi connectivity index (χ4v) is 5.37. The molecule has 6 nitrogen and oxygen atoms in total. The van der Waals surface area contributed by atoms with Crippen LogP contribution in [-0.2, 0) is 9.53 Å². The highest BCUT2D eigenvalue weighted by atomic mass is 16.6. The minimum atomic E-state index is -0.415. The van der Waals surface area contributed by atoms with Crippen LogP contribution < -0.4 is 15.0 Å². The number of benzene rings is 2. The van der Waals surface area contributed by atoms with Crippen LogP contribution in [0.25, 0.3) is 0 Å². The van der Waals surface area contributed by atoms with Gasteiger partial charge >= 0.3 is 6.09 Å². The first-order valence-corrected chi connectivity index (χ1v) is 12.6. The van der Waals surface area contributed by atoms with E-state index in [-0.39, 0.29) is 23.8 Å². The molecule has 0 saturated heterocycles. The summed E-state index contributed by atoms with van der Waals surface area (Å²) in [6.45, 7) is 6.23. The van der Waals surface area contributed by atoms with Crippen LogP contribution in [0.1, 0.15) is 76.0 Å². The average molecular weight is 463 g/mol. The van der Waals surface area contributed by atoms with Crippen molar-refractivity contribution in [2.24, 2.45) is 5.92 Å². The molecule has 0 bridgehead atoms. The van der Waals surface area contributed by atoms with E-state index in [0.29, 0.717) is 24.3 Å². The third kappa shape index (κ3) is 4.38. The van der Waals surface area contributed by atoms with Crippen LogP contribution in [-0.4, -0.2) is 30.6 Å². The van der Waals surface area contributed by atoms with Gasteiger partial charge in [0.2, 0.25) is 0 Å². The molecule has 0 aromatic heterocycles. The maximum Gasteiger partial charge on any atom is 0.411 e. The van der Waals surface area contributed by atoms with E-state index in [1.807, 2.05) is 44.2 Å². The molecule has 2 aromatic rings. The Morgan fingerprint density at radius 1 is 1.09 bits per heavy atom. The third-order valence-electron chi connectivity index (χ3n) is 7.53. The molecule has 0 radical (unpaired) electrons. The maximum atomic E-state index is 12.9. The van der Waals surface area contributed by atoms with Crippen molar-refractivity contribution in [3.8, 4) is 5.75 Å². The highest BCUT2D eigenvalue weighted by Gasteiger charge is 2.46. The van der Waals surface area contributed by atoms with Gasteiger partial charge in [0.05, 0.1) is 18.6 Å². The molecule has 0 spiro atoms. The molecule has 5 rings (SSSR count). The summed E-state index contributed by atoms with van der Waals surface area (Å²) >= 11 is 0. The van der Waals surface area contributed by atoms with E-state index in [2.05, 4.69) is 22.3 Å². The van der Waals surface area contributed by atoms with E-state index >= 15 is 0 Å². The Hall–Kier alpha value is -3.02. The molecule has 6 heteroatoms. The largest absolute Gasteiger partial charge is 0.494 e. The summed E-state index contributed by atoms with van der Waals surface area (Å²) in [4.78, 5) is 27.6. The van der Waals surface area contributed by atoms with Crippen molar-refractivity contribution >= 4 is 23.3 Å². The van der Waals surface area contributed by atoms with Crippen molar-refractivity contribution in [3.05, 3.63) is 53.6 Å². The van der Waals surface area contributed by atoms with Gasteiger partial charge in [-0.25, -0.2) is 4.79 Å². The van der Waals surface area contributed by atoms with Crippen LogP contribution in [0.2, 0.25) is 0 Å². The van der Waals surface area contributed by atoms with Crippen LogP contribution >= 0.6 is 0 Å². The molecule has 2 aliphatic carbocycles. The van der Waals surface area contributed by atoms with Gasteiger partial charge in [0.15, 0.2) is 0 Å². The Kier molecular flexibility index (Phi) is 6.24. The topological polar surface area (TPSA) is 67.9 Å². The SMILES string of the molecule is CCOc1ccc2c(c1)N(C1CCC1)C(c1ccc(NC(=O)OC(C)C3CC3)cc1)C2C(C)=O. The number of ether oxygens (including phenoxy) is 2. The predicted octanol–water partition coefficient (Wildman–Crippen LogP) is 6.22. The zero-order valence-corrected chi connectivity index (χ0v) is 20.3. The molecular weight excluding hydrogens is 428 g/mol. The lowest BCUT2D eigenvalue weighted by atomic mass is 9.85. The van der Waals surface area contributed by atoms with Crippen LogP contribution in [0.5, 0.6) is 5.75 Å². The van der Waals surface area contributed by atoms with Crippen molar-refractivity contribution in [2.75, 3.05) is 16.8 Å². The lowest BCUT2D eigenvalue weighted by Crippen LogP contribution is -2.42. The van der Waals surface area contributed by atoms with Gasteiger partial charge in [-0.3, -0.25) is 10.1 Å². The fraction of sp³-hybridized carbons (Fsp3) is 0.500. The molecule has 2 saturated carbocycles. The summed E-state index contributed by atoms with van der Waals surface area (Å²) in [5, 5.41) is 2.84. The minimum Gasteiger partial charge on any atom is -0.494 e. The summed E-state index contributed by atoms with van der Waals surface area (Å²) in [5.74, 6) is 1.28. The molecule has 180 valence electrons. The molecule has 1 aliphatic heterocycles. The number of nitrogens with zero attached hydrogens (tertiary/aromatic N) is 1. The maximum absolute atomic E-state index is 12.9. The Bertz CT molecular complexity index is 1060. The summed E-state index contributed by atoms with van der Waals surface area (Å²) in [6.07, 6.45) is 5.27. The number of rotatable bonds is 8. The fourth-order valence-electron chi connectivity index (χ4n) is 5.37. The molecular formula is C28H34N2O4. The number of Topliss-reactive ketones (excluding diaryl/α,β-unsaturated/α-hetero) is 1. The first-order valence-electron chi connectivity index (χ1n) is 12.6. The van der Waals surface area contributed by atoms with Gasteiger partial charge in [0, 0.05) is 23.5 Å². The van der Waals surface area contributed by atoms with E-state index in [1.165, 1.54) is 6.42 Å². The zero-order chi connectivity index (χ0) is 23.8. The number of nitrogens with one attached hydrogen (secondary N) is 1. The lowest BCUT2D eigenvalue weighted by molar-refractivity contribution is -0.118. The molecule has 1 heterocycles. The van der Waals surface area contributed by atoms with Gasteiger partial charge in [-0.1, -0.05) is 18.2 Å². The highest BCUT2D eigenvalue weighted by molar-refractivity contribution is 5.90. The molecule has 2 aromatic carbocycles. The van der Waals surface area contributed by atoms with Gasteiger partial charge < -0.3 is 14.4 Å². The van der Waals surface area contributed by atoms with Gasteiger partial charge in [0.1, 0.15) is 17.6 Å². The van der Waals surface area contributed by atoms with Gasteiger partial charge in [-0.05, 0) is 88.1 Å². The van der Waals surface area contributed by atoms with E-state index < -0.39 is 6.09 Å². The normalized spacial score (nSPS) is 22.5. The van der Waals surface area contributed by atoms with Crippen LogP contribution in [0.4, 0.5) is 16.2 Å². The first-order chi connectivity index (χ1) is 16.5. The molecule has 3 aliphatic rings. The third-order valence-corrected chi connectivity index (χ3v) is 7.53. The van der Waals surface area contributed by atoms with Crippen LogP contribution in [0, 0.1) is 5.92 Å². The Labute approximate surface area is 201 Å². The van der Waals surface area contributed by atoms with Crippen LogP contribution in [0.3, 0.4) is 0 Å². The average Bonchev–Trinajstić information content (AvgIpc) is 3.57. The standard InChI is InChI=1S/C28H34N2O4/c1-4-33-23-14-15-24-25(16-23)30(22-6-5-7-22)27(26(24)17(2)31)20-10-12-21(13-11-20)29-28(32)34-18(3)19-8-9-19/h10-16,18-19,22,26-27H,4-9H2,1-3H3,(H,29,32). The van der Waals surface area contributed by atoms with Gasteiger partial charge in [0.25, 0.3) is 0 Å². The van der Waals surface area contributed by atoms with E-state index in [0.717, 1.165) is 48.2 Å². The van der Waals surface area contributed by atoms with Crippen molar-refractivity contribution in [2.45, 2.75) is 77.0 Å². The second-order valence-electron chi connectivity index (χ2n) is 9.87.